The Morgan fingerprint density at radius 2 is 2.00 bits per heavy atom. The number of likely N-dealkylation sites (tertiary alicyclic amines) is 1. The Labute approximate surface area is 183 Å². The Morgan fingerprint density at radius 3 is 2.74 bits per heavy atom. The van der Waals surface area contributed by atoms with Crippen LogP contribution in [0.3, 0.4) is 0 Å². The highest BCUT2D eigenvalue weighted by molar-refractivity contribution is 7.99. The van der Waals surface area contributed by atoms with E-state index in [0.717, 1.165) is 46.5 Å². The number of amides is 1. The third-order valence-electron chi connectivity index (χ3n) is 5.69. The number of H-pyrrole nitrogens is 1. The van der Waals surface area contributed by atoms with Crippen LogP contribution < -0.4 is 5.32 Å². The molecule has 0 spiro atoms. The van der Waals surface area contributed by atoms with Crippen LogP contribution in [0.4, 0.5) is 11.8 Å². The Hall–Kier alpha value is -3.33. The fraction of sp³-hybridized carbons (Fsp3) is 0.273. The van der Waals surface area contributed by atoms with Gasteiger partial charge in [0.15, 0.2) is 5.82 Å². The SMILES string of the molecule is O=C(c1ccc(Sc2cc3nccn3c(Nc3cc(C4CC4)[nH]n3)n2)cc1)N1CCC1. The molecule has 1 amide bonds. The van der Waals surface area contributed by atoms with Gasteiger partial charge >= 0.3 is 0 Å². The summed E-state index contributed by atoms with van der Waals surface area (Å²) in [7, 11) is 0. The average Bonchev–Trinajstić information content (AvgIpc) is 3.28. The molecule has 8 nitrogen and oxygen atoms in total. The number of benzene rings is 1. The van der Waals surface area contributed by atoms with Crippen LogP contribution in [0.1, 0.15) is 41.2 Å². The second-order valence-corrected chi connectivity index (χ2v) is 9.05. The number of hydrogen-bond donors (Lipinski definition) is 2. The monoisotopic (exact) mass is 431 g/mol. The Bertz CT molecular complexity index is 1250. The molecule has 6 rings (SSSR count). The fourth-order valence-electron chi connectivity index (χ4n) is 3.65. The van der Waals surface area contributed by atoms with Crippen LogP contribution in [0.15, 0.2) is 58.7 Å². The predicted octanol–water partition coefficient (Wildman–Crippen LogP) is 4.07. The quantitative estimate of drug-likeness (QED) is 0.447. The van der Waals surface area contributed by atoms with Gasteiger partial charge in [-0.1, -0.05) is 11.8 Å². The second-order valence-electron chi connectivity index (χ2n) is 7.95. The van der Waals surface area contributed by atoms with Crippen molar-refractivity contribution in [1.29, 1.82) is 0 Å². The summed E-state index contributed by atoms with van der Waals surface area (Å²) in [4.78, 5) is 24.5. The molecule has 0 atom stereocenters. The van der Waals surface area contributed by atoms with Gasteiger partial charge in [0, 0.05) is 59.7 Å². The molecular formula is C22H21N7OS. The van der Waals surface area contributed by atoms with Crippen LogP contribution in [0.2, 0.25) is 0 Å². The zero-order valence-corrected chi connectivity index (χ0v) is 17.6. The summed E-state index contributed by atoms with van der Waals surface area (Å²) in [6, 6.07) is 11.7. The molecule has 2 aliphatic rings. The zero-order chi connectivity index (χ0) is 20.8. The number of fused-ring (bicyclic) bond motifs is 1. The van der Waals surface area contributed by atoms with E-state index in [0.29, 0.717) is 11.9 Å². The average molecular weight is 432 g/mol. The maximum atomic E-state index is 12.4. The largest absolute Gasteiger partial charge is 0.339 e. The summed E-state index contributed by atoms with van der Waals surface area (Å²) >= 11 is 1.54. The fourth-order valence-corrected chi connectivity index (χ4v) is 4.46. The summed E-state index contributed by atoms with van der Waals surface area (Å²) in [5.74, 6) is 2.13. The maximum Gasteiger partial charge on any atom is 0.253 e. The van der Waals surface area contributed by atoms with Gasteiger partial charge in [0.25, 0.3) is 5.91 Å². The molecule has 0 radical (unpaired) electrons. The first-order valence-corrected chi connectivity index (χ1v) is 11.3. The molecule has 4 heterocycles. The van der Waals surface area contributed by atoms with Crippen molar-refractivity contribution in [3.8, 4) is 0 Å². The van der Waals surface area contributed by atoms with Gasteiger partial charge < -0.3 is 10.2 Å². The van der Waals surface area contributed by atoms with E-state index in [4.69, 9.17) is 4.98 Å². The van der Waals surface area contributed by atoms with Crippen molar-refractivity contribution in [3.63, 3.8) is 0 Å². The number of nitrogens with zero attached hydrogens (tertiary/aromatic N) is 5. The molecule has 156 valence electrons. The van der Waals surface area contributed by atoms with Crippen molar-refractivity contribution in [2.24, 2.45) is 0 Å². The molecule has 1 saturated heterocycles. The first kappa shape index (κ1) is 18.4. The Morgan fingerprint density at radius 1 is 1.16 bits per heavy atom. The number of nitrogens with one attached hydrogen (secondary N) is 2. The smallest absolute Gasteiger partial charge is 0.253 e. The van der Waals surface area contributed by atoms with Gasteiger partial charge in [0.1, 0.15) is 10.7 Å². The van der Waals surface area contributed by atoms with Gasteiger partial charge in [-0.3, -0.25) is 14.3 Å². The molecule has 31 heavy (non-hydrogen) atoms. The normalized spacial score (nSPS) is 15.8. The number of aromatic amines is 1. The number of aromatic nitrogens is 5. The van der Waals surface area contributed by atoms with Crippen LogP contribution in [0, 0.1) is 0 Å². The second kappa shape index (κ2) is 7.42. The van der Waals surface area contributed by atoms with Crippen LogP contribution in [0.5, 0.6) is 0 Å². The van der Waals surface area contributed by atoms with Gasteiger partial charge in [0.2, 0.25) is 5.95 Å². The highest BCUT2D eigenvalue weighted by Crippen LogP contribution is 2.39. The van der Waals surface area contributed by atoms with E-state index in [9.17, 15) is 4.79 Å². The summed E-state index contributed by atoms with van der Waals surface area (Å²) in [5, 5.41) is 11.6. The van der Waals surface area contributed by atoms with E-state index in [-0.39, 0.29) is 5.91 Å². The minimum Gasteiger partial charge on any atom is -0.339 e. The lowest BCUT2D eigenvalue weighted by Gasteiger charge is -2.30. The summed E-state index contributed by atoms with van der Waals surface area (Å²) in [6.45, 7) is 1.72. The van der Waals surface area contributed by atoms with Gasteiger partial charge in [-0.2, -0.15) is 5.10 Å². The molecule has 1 aliphatic carbocycles. The van der Waals surface area contributed by atoms with E-state index >= 15 is 0 Å². The lowest BCUT2D eigenvalue weighted by molar-refractivity contribution is 0.0652. The van der Waals surface area contributed by atoms with Crippen molar-refractivity contribution >= 4 is 35.1 Å². The van der Waals surface area contributed by atoms with Crippen LogP contribution in [0.25, 0.3) is 5.65 Å². The Balaban J connectivity index is 1.24. The molecule has 9 heteroatoms. The molecule has 1 aliphatic heterocycles. The van der Waals surface area contributed by atoms with Crippen molar-refractivity contribution in [3.05, 3.63) is 60.0 Å². The number of imidazole rings is 1. The molecule has 2 N–H and O–H groups in total. The molecule has 0 bridgehead atoms. The van der Waals surface area contributed by atoms with Crippen LogP contribution in [-0.2, 0) is 0 Å². The van der Waals surface area contributed by atoms with Gasteiger partial charge in [-0.05, 0) is 43.5 Å². The summed E-state index contributed by atoms with van der Waals surface area (Å²) in [5.41, 5.74) is 2.71. The minimum atomic E-state index is 0.107. The standard InChI is InChI=1S/C22H21N7OS/c30-21(28-9-1-10-28)15-4-6-16(7-5-15)31-20-13-19-23-8-11-29(19)22(25-20)24-18-12-17(26-27-18)14-2-3-14/h4-8,11-14H,1-3,9-10H2,(H2,24,25,26,27). The molecule has 4 aromatic rings. The number of hydrogen-bond acceptors (Lipinski definition) is 6. The minimum absolute atomic E-state index is 0.107. The van der Waals surface area contributed by atoms with Crippen LogP contribution in [-0.4, -0.2) is 48.5 Å². The van der Waals surface area contributed by atoms with Gasteiger partial charge in [-0.25, -0.2) is 9.97 Å². The lowest BCUT2D eigenvalue weighted by Crippen LogP contribution is -2.41. The van der Waals surface area contributed by atoms with Crippen molar-refractivity contribution in [1.82, 2.24) is 29.5 Å². The maximum absolute atomic E-state index is 12.4. The summed E-state index contributed by atoms with van der Waals surface area (Å²) in [6.07, 6.45) is 7.18. The molecule has 3 aromatic heterocycles. The summed E-state index contributed by atoms with van der Waals surface area (Å²) < 4.78 is 1.91. The predicted molar refractivity (Wildman–Crippen MR) is 118 cm³/mol. The van der Waals surface area contributed by atoms with E-state index in [1.807, 2.05) is 45.8 Å². The topological polar surface area (TPSA) is 91.2 Å². The number of carbonyl (C=O) groups excluding carboxylic acids is 1. The van der Waals surface area contributed by atoms with Crippen molar-refractivity contribution < 1.29 is 4.79 Å². The molecule has 0 unspecified atom stereocenters. The lowest BCUT2D eigenvalue weighted by atomic mass is 10.1. The zero-order valence-electron chi connectivity index (χ0n) is 16.8. The van der Waals surface area contributed by atoms with E-state index in [2.05, 4.69) is 26.6 Å². The highest BCUT2D eigenvalue weighted by atomic mass is 32.2. The van der Waals surface area contributed by atoms with E-state index in [1.165, 1.54) is 18.5 Å². The number of carbonyl (C=O) groups is 1. The molecule has 2 fully saturated rings. The first-order chi connectivity index (χ1) is 15.2. The van der Waals surface area contributed by atoms with Gasteiger partial charge in [-0.15, -0.1) is 0 Å². The number of anilines is 2. The molecular weight excluding hydrogens is 410 g/mol. The van der Waals surface area contributed by atoms with E-state index in [1.54, 1.807) is 18.0 Å². The van der Waals surface area contributed by atoms with Gasteiger partial charge in [0.05, 0.1) is 0 Å². The third kappa shape index (κ3) is 3.65. The van der Waals surface area contributed by atoms with Crippen LogP contribution >= 0.6 is 11.8 Å². The first-order valence-electron chi connectivity index (χ1n) is 10.5. The molecule has 1 aromatic carbocycles. The van der Waals surface area contributed by atoms with Crippen molar-refractivity contribution in [2.45, 2.75) is 35.1 Å². The van der Waals surface area contributed by atoms with Crippen molar-refractivity contribution in [2.75, 3.05) is 18.4 Å². The highest BCUT2D eigenvalue weighted by Gasteiger charge is 2.25. The molecule has 1 saturated carbocycles. The number of rotatable bonds is 6. The van der Waals surface area contributed by atoms with E-state index < -0.39 is 0 Å². The Kier molecular flexibility index (Phi) is 4.41. The third-order valence-corrected chi connectivity index (χ3v) is 6.61.